The Balaban J connectivity index is 1.18. The molecule has 3 heteroatoms. The van der Waals surface area contributed by atoms with Crippen LogP contribution in [0.15, 0.2) is 166 Å². The number of hydrogen-bond acceptors (Lipinski definition) is 3. The third-order valence-corrected chi connectivity index (χ3v) is 13.1. The predicted molar refractivity (Wildman–Crippen MR) is 217 cm³/mol. The molecule has 1 atom stereocenters. The summed E-state index contributed by atoms with van der Waals surface area (Å²) in [5, 5.41) is 0. The molecule has 0 amide bonds. The Labute approximate surface area is 306 Å². The zero-order valence-electron chi connectivity index (χ0n) is 29.2. The minimum Gasteiger partial charge on any atom is -0.338 e. The number of hydrogen-bond donors (Lipinski definition) is 0. The molecule has 0 saturated heterocycles. The van der Waals surface area contributed by atoms with E-state index >= 15 is 0 Å². The lowest BCUT2D eigenvalue weighted by atomic mass is 9.82. The summed E-state index contributed by atoms with van der Waals surface area (Å²) in [5.74, 6) is 0. The maximum atomic E-state index is 4.09. The van der Waals surface area contributed by atoms with Crippen LogP contribution in [0.4, 0.5) is 11.4 Å². The topological polar surface area (TPSA) is 3.24 Å². The van der Waals surface area contributed by atoms with Crippen LogP contribution in [-0.2, 0) is 5.41 Å². The van der Waals surface area contributed by atoms with E-state index in [9.17, 15) is 0 Å². The standard InChI is InChI=1S/C47H43NS2/c1-5-7-14-32(6-2)35-22-25-37(26-23-35)48(36-18-13-17-34(21-24-36)33-15-9-8-10-16-33)38-27-28-39-40-30-45-46(31-42(40)47(3,4)41(39)29-38)50-44-20-12-11-19-43(44)49-45/h5-12,14-17,19-20,22-23,25-31,36H,2,13,18,21,24H2,1,3-4H3/b7-5-,32-14+. The average molecular weight is 686 g/mol. The van der Waals surface area contributed by atoms with Crippen molar-refractivity contribution in [2.24, 2.45) is 0 Å². The van der Waals surface area contributed by atoms with E-state index in [2.05, 4.69) is 159 Å². The number of anilines is 2. The molecule has 0 fully saturated rings. The second-order valence-electron chi connectivity index (χ2n) is 14.0. The molecule has 0 saturated carbocycles. The summed E-state index contributed by atoms with van der Waals surface area (Å²) in [5.41, 5.74) is 13.2. The van der Waals surface area contributed by atoms with Crippen LogP contribution in [0.3, 0.4) is 0 Å². The number of benzene rings is 5. The van der Waals surface area contributed by atoms with Crippen LogP contribution in [0.25, 0.3) is 22.3 Å². The quantitative estimate of drug-likeness (QED) is 0.154. The first kappa shape index (κ1) is 32.7. The molecule has 0 bridgehead atoms. The van der Waals surface area contributed by atoms with E-state index in [1.54, 1.807) is 0 Å². The van der Waals surface area contributed by atoms with Gasteiger partial charge in [0.2, 0.25) is 0 Å². The molecule has 5 aromatic carbocycles. The van der Waals surface area contributed by atoms with E-state index < -0.39 is 0 Å². The second-order valence-corrected chi connectivity index (χ2v) is 16.2. The molecule has 248 valence electrons. The fourth-order valence-electron chi connectivity index (χ4n) is 7.95. The van der Waals surface area contributed by atoms with Crippen molar-refractivity contribution >= 4 is 46.0 Å². The molecular weight excluding hydrogens is 643 g/mol. The van der Waals surface area contributed by atoms with E-state index in [4.69, 9.17) is 0 Å². The Kier molecular flexibility index (Phi) is 8.97. The van der Waals surface area contributed by atoms with Crippen molar-refractivity contribution in [1.82, 2.24) is 0 Å². The van der Waals surface area contributed by atoms with Gasteiger partial charge in [0.05, 0.1) is 0 Å². The number of rotatable bonds is 7. The Morgan fingerprint density at radius 2 is 1.42 bits per heavy atom. The Bertz CT molecular complexity index is 2170. The van der Waals surface area contributed by atoms with Gasteiger partial charge in [0, 0.05) is 42.4 Å². The van der Waals surface area contributed by atoms with Crippen LogP contribution in [0.1, 0.15) is 68.7 Å². The maximum absolute atomic E-state index is 4.09. The molecule has 50 heavy (non-hydrogen) atoms. The molecule has 8 rings (SSSR count). The van der Waals surface area contributed by atoms with Crippen LogP contribution in [0.5, 0.6) is 0 Å². The molecule has 1 aliphatic heterocycles. The van der Waals surface area contributed by atoms with Gasteiger partial charge < -0.3 is 4.90 Å². The van der Waals surface area contributed by atoms with Crippen molar-refractivity contribution < 1.29 is 0 Å². The molecule has 1 unspecified atom stereocenters. The minimum atomic E-state index is -0.102. The molecule has 3 aliphatic rings. The number of fused-ring (bicyclic) bond motifs is 5. The molecule has 1 heterocycles. The van der Waals surface area contributed by atoms with Crippen LogP contribution in [0.2, 0.25) is 0 Å². The van der Waals surface area contributed by atoms with Gasteiger partial charge >= 0.3 is 0 Å². The van der Waals surface area contributed by atoms with Gasteiger partial charge in [0.15, 0.2) is 0 Å². The maximum Gasteiger partial charge on any atom is 0.0416 e. The first-order valence-corrected chi connectivity index (χ1v) is 19.5. The predicted octanol–water partition coefficient (Wildman–Crippen LogP) is 13.9. The molecule has 1 nitrogen and oxygen atoms in total. The van der Waals surface area contributed by atoms with E-state index in [-0.39, 0.29) is 5.41 Å². The van der Waals surface area contributed by atoms with Gasteiger partial charge in [-0.15, -0.1) is 0 Å². The normalized spacial score (nSPS) is 17.6. The number of allylic oxidation sites excluding steroid dienone is 7. The van der Waals surface area contributed by atoms with Gasteiger partial charge in [-0.05, 0) is 126 Å². The van der Waals surface area contributed by atoms with Gasteiger partial charge in [0.25, 0.3) is 0 Å². The fourth-order valence-corrected chi connectivity index (χ4v) is 10.2. The summed E-state index contributed by atoms with van der Waals surface area (Å²) in [4.78, 5) is 8.09. The highest BCUT2D eigenvalue weighted by atomic mass is 32.2. The Hall–Kier alpha value is -4.44. The van der Waals surface area contributed by atoms with Crippen molar-refractivity contribution in [3.8, 4) is 11.1 Å². The summed E-state index contributed by atoms with van der Waals surface area (Å²) < 4.78 is 0. The lowest BCUT2D eigenvalue weighted by Crippen LogP contribution is -2.31. The largest absolute Gasteiger partial charge is 0.338 e. The van der Waals surface area contributed by atoms with Crippen LogP contribution >= 0.6 is 23.5 Å². The van der Waals surface area contributed by atoms with E-state index in [1.165, 1.54) is 69.9 Å². The van der Waals surface area contributed by atoms with Crippen molar-refractivity contribution in [3.05, 3.63) is 168 Å². The van der Waals surface area contributed by atoms with E-state index in [0.29, 0.717) is 6.04 Å². The second kappa shape index (κ2) is 13.7. The van der Waals surface area contributed by atoms with Crippen molar-refractivity contribution in [2.45, 2.75) is 77.5 Å². The van der Waals surface area contributed by atoms with Crippen LogP contribution in [-0.4, -0.2) is 6.04 Å². The number of nitrogens with zero attached hydrogens (tertiary/aromatic N) is 1. The zero-order chi connectivity index (χ0) is 34.2. The SMILES string of the molecule is C=C/C(=C\C=C/C)c1ccc(N(c2ccc3c(c2)C(C)(C)c2cc4c(cc2-3)Sc2ccccc2S4)C2CCC=C(c3ccccc3)CC2)cc1. The van der Waals surface area contributed by atoms with Crippen molar-refractivity contribution in [3.63, 3.8) is 0 Å². The smallest absolute Gasteiger partial charge is 0.0416 e. The van der Waals surface area contributed by atoms with Gasteiger partial charge in [0.1, 0.15) is 0 Å². The highest BCUT2D eigenvalue weighted by molar-refractivity contribution is 8.05. The van der Waals surface area contributed by atoms with Gasteiger partial charge in [-0.2, -0.15) is 0 Å². The summed E-state index contributed by atoms with van der Waals surface area (Å²) in [6, 6.07) is 41.5. The lowest BCUT2D eigenvalue weighted by Gasteiger charge is -2.35. The minimum absolute atomic E-state index is 0.102. The highest BCUT2D eigenvalue weighted by Crippen LogP contribution is 2.56. The molecule has 2 aliphatic carbocycles. The van der Waals surface area contributed by atoms with Gasteiger partial charge in [-0.25, -0.2) is 0 Å². The lowest BCUT2D eigenvalue weighted by molar-refractivity contribution is 0.579. The highest BCUT2D eigenvalue weighted by Gasteiger charge is 2.38. The van der Waals surface area contributed by atoms with Crippen LogP contribution in [0, 0.1) is 0 Å². The first-order chi connectivity index (χ1) is 24.4. The Morgan fingerprint density at radius 1 is 0.740 bits per heavy atom. The third kappa shape index (κ3) is 6.01. The first-order valence-electron chi connectivity index (χ1n) is 17.8. The summed E-state index contributed by atoms with van der Waals surface area (Å²) >= 11 is 3.82. The molecule has 0 aromatic heterocycles. The van der Waals surface area contributed by atoms with Gasteiger partial charge in [-0.3, -0.25) is 0 Å². The summed E-state index contributed by atoms with van der Waals surface area (Å²) in [6.45, 7) is 11.0. The Morgan fingerprint density at radius 3 is 2.14 bits per heavy atom. The molecule has 0 spiro atoms. The molecular formula is C47H43NS2. The third-order valence-electron chi connectivity index (χ3n) is 10.6. The van der Waals surface area contributed by atoms with E-state index in [1.807, 2.05) is 36.5 Å². The zero-order valence-corrected chi connectivity index (χ0v) is 30.8. The van der Waals surface area contributed by atoms with Crippen LogP contribution < -0.4 is 4.90 Å². The monoisotopic (exact) mass is 685 g/mol. The van der Waals surface area contributed by atoms with Crippen molar-refractivity contribution in [1.29, 1.82) is 0 Å². The van der Waals surface area contributed by atoms with Crippen molar-refractivity contribution in [2.75, 3.05) is 4.90 Å². The summed E-state index contributed by atoms with van der Waals surface area (Å²) in [6.07, 6.45) is 15.1. The molecule has 0 N–H and O–H groups in total. The van der Waals surface area contributed by atoms with Gasteiger partial charge in [-0.1, -0.05) is 135 Å². The molecule has 0 radical (unpaired) electrons. The summed E-state index contributed by atoms with van der Waals surface area (Å²) in [7, 11) is 0. The van der Waals surface area contributed by atoms with E-state index in [0.717, 1.165) is 31.3 Å². The fraction of sp³-hybridized carbons (Fsp3) is 0.191. The average Bonchev–Trinajstić information content (AvgIpc) is 3.28. The molecule has 5 aromatic rings.